The first-order valence-corrected chi connectivity index (χ1v) is 7.38. The lowest BCUT2D eigenvalue weighted by Gasteiger charge is -2.18. The van der Waals surface area contributed by atoms with E-state index in [0.717, 1.165) is 24.3 Å². The summed E-state index contributed by atoms with van der Waals surface area (Å²) < 4.78 is 26.3. The van der Waals surface area contributed by atoms with E-state index in [9.17, 15) is 8.78 Å². The normalized spacial score (nSPS) is 18.4. The molecule has 0 amide bonds. The Morgan fingerprint density at radius 2 is 1.52 bits per heavy atom. The Balaban J connectivity index is 1.85. The van der Waals surface area contributed by atoms with E-state index >= 15 is 0 Å². The topological polar surface area (TPSA) is 0 Å². The molecule has 2 aromatic carbocycles. The SMILES string of the molecule is CC1CC=C(c2ccc(-c3ccc(F)c(F)c3)cc2)CC1. The van der Waals surface area contributed by atoms with E-state index in [0.29, 0.717) is 5.56 Å². The summed E-state index contributed by atoms with van der Waals surface area (Å²) in [5.41, 5.74) is 4.23. The van der Waals surface area contributed by atoms with Crippen LogP contribution in [0.3, 0.4) is 0 Å². The Morgan fingerprint density at radius 3 is 2.14 bits per heavy atom. The molecule has 108 valence electrons. The third kappa shape index (κ3) is 3.05. The molecule has 0 saturated heterocycles. The molecule has 0 aromatic heterocycles. The maximum Gasteiger partial charge on any atom is 0.159 e. The summed E-state index contributed by atoms with van der Waals surface area (Å²) in [6.45, 7) is 2.28. The van der Waals surface area contributed by atoms with Crippen molar-refractivity contribution in [1.29, 1.82) is 0 Å². The zero-order valence-corrected chi connectivity index (χ0v) is 12.1. The molecule has 0 saturated carbocycles. The highest BCUT2D eigenvalue weighted by Crippen LogP contribution is 2.31. The molecule has 0 fully saturated rings. The standard InChI is InChI=1S/C19H18F2/c1-13-2-4-14(5-3-13)15-6-8-16(9-7-15)17-10-11-18(20)19(21)12-17/h4,6-13H,2-3,5H2,1H3. The molecule has 0 spiro atoms. The van der Waals surface area contributed by atoms with Crippen molar-refractivity contribution in [2.75, 3.05) is 0 Å². The minimum absolute atomic E-state index is 0.701. The summed E-state index contributed by atoms with van der Waals surface area (Å²) in [6, 6.07) is 12.1. The van der Waals surface area contributed by atoms with E-state index in [1.807, 2.05) is 12.1 Å². The number of benzene rings is 2. The van der Waals surface area contributed by atoms with Crippen molar-refractivity contribution in [2.45, 2.75) is 26.2 Å². The minimum Gasteiger partial charge on any atom is -0.204 e. The van der Waals surface area contributed by atoms with Gasteiger partial charge >= 0.3 is 0 Å². The highest BCUT2D eigenvalue weighted by atomic mass is 19.2. The summed E-state index contributed by atoms with van der Waals surface area (Å²) in [7, 11) is 0. The molecule has 0 bridgehead atoms. The first-order chi connectivity index (χ1) is 10.1. The van der Waals surface area contributed by atoms with Crippen molar-refractivity contribution in [3.8, 4) is 11.1 Å². The number of halogens is 2. The zero-order valence-electron chi connectivity index (χ0n) is 12.1. The molecule has 1 aliphatic carbocycles. The van der Waals surface area contributed by atoms with Crippen LogP contribution in [0.4, 0.5) is 8.78 Å². The Kier molecular flexibility index (Phi) is 3.87. The van der Waals surface area contributed by atoms with Gasteiger partial charge in [-0.15, -0.1) is 0 Å². The second-order valence-corrected chi connectivity index (χ2v) is 5.82. The van der Waals surface area contributed by atoms with E-state index in [2.05, 4.69) is 25.1 Å². The van der Waals surface area contributed by atoms with Crippen LogP contribution in [0.1, 0.15) is 31.7 Å². The second kappa shape index (κ2) is 5.80. The van der Waals surface area contributed by atoms with Gasteiger partial charge in [-0.25, -0.2) is 8.78 Å². The van der Waals surface area contributed by atoms with Gasteiger partial charge in [-0.05, 0) is 59.6 Å². The van der Waals surface area contributed by atoms with Gasteiger partial charge in [0.25, 0.3) is 0 Å². The van der Waals surface area contributed by atoms with Gasteiger partial charge in [0.2, 0.25) is 0 Å². The van der Waals surface area contributed by atoms with E-state index in [1.165, 1.54) is 29.7 Å². The number of hydrogen-bond donors (Lipinski definition) is 0. The molecular formula is C19H18F2. The average Bonchev–Trinajstić information content (AvgIpc) is 2.51. The van der Waals surface area contributed by atoms with E-state index < -0.39 is 11.6 Å². The second-order valence-electron chi connectivity index (χ2n) is 5.82. The smallest absolute Gasteiger partial charge is 0.159 e. The van der Waals surface area contributed by atoms with Gasteiger partial charge in [0, 0.05) is 0 Å². The summed E-state index contributed by atoms with van der Waals surface area (Å²) in [5.74, 6) is -0.840. The van der Waals surface area contributed by atoms with Crippen LogP contribution < -0.4 is 0 Å². The fraction of sp³-hybridized carbons (Fsp3) is 0.263. The van der Waals surface area contributed by atoms with Crippen LogP contribution in [-0.4, -0.2) is 0 Å². The molecule has 3 rings (SSSR count). The third-order valence-electron chi connectivity index (χ3n) is 4.18. The van der Waals surface area contributed by atoms with Crippen molar-refractivity contribution in [2.24, 2.45) is 5.92 Å². The van der Waals surface area contributed by atoms with Gasteiger partial charge in [0.1, 0.15) is 0 Å². The van der Waals surface area contributed by atoms with E-state index in [4.69, 9.17) is 0 Å². The minimum atomic E-state index is -0.808. The summed E-state index contributed by atoms with van der Waals surface area (Å²) in [5, 5.41) is 0. The summed E-state index contributed by atoms with van der Waals surface area (Å²) >= 11 is 0. The van der Waals surface area contributed by atoms with Gasteiger partial charge < -0.3 is 0 Å². The Hall–Kier alpha value is -1.96. The lowest BCUT2D eigenvalue weighted by atomic mass is 9.87. The highest BCUT2D eigenvalue weighted by Gasteiger charge is 2.11. The number of allylic oxidation sites excluding steroid dienone is 2. The zero-order chi connectivity index (χ0) is 14.8. The van der Waals surface area contributed by atoms with Crippen LogP contribution in [0.25, 0.3) is 16.7 Å². The van der Waals surface area contributed by atoms with Crippen LogP contribution in [0.5, 0.6) is 0 Å². The fourth-order valence-corrected chi connectivity index (χ4v) is 2.78. The van der Waals surface area contributed by atoms with E-state index in [1.54, 1.807) is 6.07 Å². The fourth-order valence-electron chi connectivity index (χ4n) is 2.78. The Labute approximate surface area is 124 Å². The molecule has 0 aliphatic heterocycles. The predicted octanol–water partition coefficient (Wildman–Crippen LogP) is 5.84. The van der Waals surface area contributed by atoms with Crippen LogP contribution in [0.15, 0.2) is 48.5 Å². The lowest BCUT2D eigenvalue weighted by molar-refractivity contribution is 0.509. The Morgan fingerprint density at radius 1 is 0.857 bits per heavy atom. The summed E-state index contributed by atoms with van der Waals surface area (Å²) in [4.78, 5) is 0. The van der Waals surface area contributed by atoms with Gasteiger partial charge in [0.05, 0.1) is 0 Å². The van der Waals surface area contributed by atoms with Crippen LogP contribution >= 0.6 is 0 Å². The van der Waals surface area contributed by atoms with Crippen molar-refractivity contribution < 1.29 is 8.78 Å². The average molecular weight is 284 g/mol. The van der Waals surface area contributed by atoms with Crippen molar-refractivity contribution in [3.05, 3.63) is 65.7 Å². The molecule has 2 aromatic rings. The molecule has 1 unspecified atom stereocenters. The quantitative estimate of drug-likeness (QED) is 0.650. The first kappa shape index (κ1) is 14.0. The van der Waals surface area contributed by atoms with Gasteiger partial charge in [0.15, 0.2) is 11.6 Å². The Bertz CT molecular complexity index is 668. The predicted molar refractivity (Wildman–Crippen MR) is 82.8 cm³/mol. The molecule has 0 nitrogen and oxygen atoms in total. The number of rotatable bonds is 2. The molecular weight excluding hydrogens is 266 g/mol. The van der Waals surface area contributed by atoms with Crippen LogP contribution in [-0.2, 0) is 0 Å². The maximum absolute atomic E-state index is 13.3. The molecule has 0 N–H and O–H groups in total. The molecule has 2 heteroatoms. The van der Waals surface area contributed by atoms with Crippen molar-refractivity contribution in [1.82, 2.24) is 0 Å². The maximum atomic E-state index is 13.3. The summed E-state index contributed by atoms with van der Waals surface area (Å²) in [6.07, 6.45) is 5.81. The highest BCUT2D eigenvalue weighted by molar-refractivity contribution is 5.70. The molecule has 0 heterocycles. The molecule has 0 radical (unpaired) electrons. The van der Waals surface area contributed by atoms with E-state index in [-0.39, 0.29) is 0 Å². The molecule has 21 heavy (non-hydrogen) atoms. The largest absolute Gasteiger partial charge is 0.204 e. The lowest BCUT2D eigenvalue weighted by Crippen LogP contribution is -2.00. The molecule has 1 atom stereocenters. The molecule has 1 aliphatic rings. The monoisotopic (exact) mass is 284 g/mol. The van der Waals surface area contributed by atoms with Crippen molar-refractivity contribution >= 4 is 5.57 Å². The first-order valence-electron chi connectivity index (χ1n) is 7.38. The number of hydrogen-bond acceptors (Lipinski definition) is 0. The van der Waals surface area contributed by atoms with Crippen LogP contribution in [0.2, 0.25) is 0 Å². The van der Waals surface area contributed by atoms with Gasteiger partial charge in [-0.1, -0.05) is 43.3 Å². The van der Waals surface area contributed by atoms with Gasteiger partial charge in [-0.2, -0.15) is 0 Å². The van der Waals surface area contributed by atoms with Crippen LogP contribution in [0, 0.1) is 17.6 Å². The van der Waals surface area contributed by atoms with Gasteiger partial charge in [-0.3, -0.25) is 0 Å². The van der Waals surface area contributed by atoms with Crippen molar-refractivity contribution in [3.63, 3.8) is 0 Å². The third-order valence-corrected chi connectivity index (χ3v) is 4.18.